The van der Waals surface area contributed by atoms with Gasteiger partial charge in [0.1, 0.15) is 11.6 Å². The number of nitrogens with two attached hydrogens (primary N) is 1. The van der Waals surface area contributed by atoms with Gasteiger partial charge < -0.3 is 15.8 Å². The highest BCUT2D eigenvalue weighted by molar-refractivity contribution is 5.70. The summed E-state index contributed by atoms with van der Waals surface area (Å²) in [5, 5.41) is 3.35. The first-order chi connectivity index (χ1) is 13.3. The Bertz CT molecular complexity index is 1030. The molecule has 2 aromatic carbocycles. The van der Waals surface area contributed by atoms with Crippen molar-refractivity contribution in [2.75, 3.05) is 11.1 Å². The van der Waals surface area contributed by atoms with Gasteiger partial charge >= 0.3 is 0 Å². The lowest BCUT2D eigenvalue weighted by atomic mass is 10.1. The van der Waals surface area contributed by atoms with Gasteiger partial charge in [-0.15, -0.1) is 0 Å². The Morgan fingerprint density at radius 2 is 1.52 bits per heavy atom. The number of pyridine rings is 2. The highest BCUT2D eigenvalue weighted by Gasteiger charge is 2.09. The number of para-hydroxylation sites is 1. The smallest absolute Gasteiger partial charge is 0.227 e. The molecule has 5 nitrogen and oxygen atoms in total. The van der Waals surface area contributed by atoms with Crippen molar-refractivity contribution in [2.24, 2.45) is 0 Å². The first-order valence-corrected chi connectivity index (χ1v) is 8.55. The van der Waals surface area contributed by atoms with E-state index in [1.165, 1.54) is 0 Å². The van der Waals surface area contributed by atoms with Gasteiger partial charge in [0, 0.05) is 29.3 Å². The van der Waals surface area contributed by atoms with Gasteiger partial charge in [0.05, 0.1) is 0 Å². The van der Waals surface area contributed by atoms with Crippen LogP contribution in [0.1, 0.15) is 0 Å². The molecule has 3 N–H and O–H groups in total. The van der Waals surface area contributed by atoms with E-state index in [-0.39, 0.29) is 0 Å². The summed E-state index contributed by atoms with van der Waals surface area (Å²) in [4.78, 5) is 8.40. The summed E-state index contributed by atoms with van der Waals surface area (Å²) in [7, 11) is 0. The normalized spacial score (nSPS) is 10.4. The summed E-state index contributed by atoms with van der Waals surface area (Å²) in [6.07, 6.45) is 3.38. The minimum Gasteiger partial charge on any atom is -0.438 e. The van der Waals surface area contributed by atoms with Gasteiger partial charge in [-0.1, -0.05) is 18.2 Å². The van der Waals surface area contributed by atoms with Crippen molar-refractivity contribution in [3.05, 3.63) is 91.3 Å². The molecule has 0 radical (unpaired) electrons. The van der Waals surface area contributed by atoms with E-state index in [0.29, 0.717) is 17.4 Å². The fraction of sp³-hybridized carbons (Fsp3) is 0. The number of nitrogens with zero attached hydrogens (tertiary/aromatic N) is 2. The second kappa shape index (κ2) is 7.58. The lowest BCUT2D eigenvalue weighted by Gasteiger charge is -2.11. The first kappa shape index (κ1) is 16.6. The highest BCUT2D eigenvalue weighted by atomic mass is 16.5. The van der Waals surface area contributed by atoms with Gasteiger partial charge in [-0.05, 0) is 66.2 Å². The topological polar surface area (TPSA) is 73.1 Å². The third kappa shape index (κ3) is 4.04. The third-order valence-corrected chi connectivity index (χ3v) is 3.99. The Balaban J connectivity index is 1.55. The van der Waals surface area contributed by atoms with E-state index in [9.17, 15) is 0 Å². The van der Waals surface area contributed by atoms with Crippen LogP contribution < -0.4 is 15.8 Å². The number of hydrogen-bond donors (Lipinski definition) is 2. The van der Waals surface area contributed by atoms with E-state index in [4.69, 9.17) is 10.5 Å². The van der Waals surface area contributed by atoms with Crippen LogP contribution in [-0.2, 0) is 0 Å². The number of rotatable bonds is 5. The highest BCUT2D eigenvalue weighted by Crippen LogP contribution is 2.32. The average molecular weight is 354 g/mol. The fourth-order valence-electron chi connectivity index (χ4n) is 2.71. The summed E-state index contributed by atoms with van der Waals surface area (Å²) < 4.78 is 6.01. The van der Waals surface area contributed by atoms with E-state index in [1.54, 1.807) is 18.5 Å². The maximum Gasteiger partial charge on any atom is 0.227 e. The number of benzene rings is 2. The van der Waals surface area contributed by atoms with Crippen molar-refractivity contribution in [3.8, 4) is 22.8 Å². The number of anilines is 3. The van der Waals surface area contributed by atoms with Crippen molar-refractivity contribution in [2.45, 2.75) is 0 Å². The Morgan fingerprint density at radius 1 is 0.741 bits per heavy atom. The molecule has 0 atom stereocenters. The maximum absolute atomic E-state index is 6.01. The van der Waals surface area contributed by atoms with Gasteiger partial charge in [-0.2, -0.15) is 0 Å². The largest absolute Gasteiger partial charge is 0.438 e. The molecule has 0 saturated carbocycles. The predicted molar refractivity (Wildman–Crippen MR) is 108 cm³/mol. The molecule has 0 saturated heterocycles. The molecule has 2 heterocycles. The third-order valence-electron chi connectivity index (χ3n) is 3.99. The van der Waals surface area contributed by atoms with Gasteiger partial charge in [0.2, 0.25) is 5.88 Å². The Labute approximate surface area is 157 Å². The summed E-state index contributed by atoms with van der Waals surface area (Å²) in [6, 6.07) is 25.3. The lowest BCUT2D eigenvalue weighted by molar-refractivity contribution is 0.465. The zero-order valence-corrected chi connectivity index (χ0v) is 14.5. The number of ether oxygens (including phenoxy) is 1. The number of aromatic nitrogens is 2. The van der Waals surface area contributed by atoms with Crippen molar-refractivity contribution >= 4 is 17.2 Å². The molecule has 27 heavy (non-hydrogen) atoms. The van der Waals surface area contributed by atoms with E-state index < -0.39 is 0 Å². The SMILES string of the molecule is Nc1cc(-c2cccnc2Oc2ccc(Nc3ccccc3)cc2)ccn1. The second-order valence-electron chi connectivity index (χ2n) is 5.94. The zero-order chi connectivity index (χ0) is 18.5. The van der Waals surface area contributed by atoms with E-state index in [1.807, 2.05) is 72.8 Å². The Kier molecular flexibility index (Phi) is 4.66. The Morgan fingerprint density at radius 3 is 2.30 bits per heavy atom. The van der Waals surface area contributed by atoms with Crippen LogP contribution in [0, 0.1) is 0 Å². The predicted octanol–water partition coefficient (Wildman–Crippen LogP) is 5.26. The first-order valence-electron chi connectivity index (χ1n) is 8.55. The van der Waals surface area contributed by atoms with Crippen LogP contribution in [0.2, 0.25) is 0 Å². The molecular formula is C22H18N4O. The van der Waals surface area contributed by atoms with Gasteiger partial charge in [-0.25, -0.2) is 9.97 Å². The zero-order valence-electron chi connectivity index (χ0n) is 14.5. The molecule has 4 aromatic rings. The quantitative estimate of drug-likeness (QED) is 0.511. The van der Waals surface area contributed by atoms with Crippen LogP contribution in [0.15, 0.2) is 91.3 Å². The van der Waals surface area contributed by atoms with Crippen molar-refractivity contribution in [3.63, 3.8) is 0 Å². The van der Waals surface area contributed by atoms with Crippen LogP contribution in [0.3, 0.4) is 0 Å². The summed E-state index contributed by atoms with van der Waals surface area (Å²) in [5.74, 6) is 1.68. The minimum atomic E-state index is 0.457. The average Bonchev–Trinajstić information content (AvgIpc) is 2.71. The van der Waals surface area contributed by atoms with Crippen LogP contribution in [0.25, 0.3) is 11.1 Å². The summed E-state index contributed by atoms with van der Waals surface area (Å²) in [5.41, 5.74) is 9.59. The van der Waals surface area contributed by atoms with E-state index in [0.717, 1.165) is 22.5 Å². The number of hydrogen-bond acceptors (Lipinski definition) is 5. The Hall–Kier alpha value is -3.86. The van der Waals surface area contributed by atoms with Crippen molar-refractivity contribution in [1.82, 2.24) is 9.97 Å². The molecule has 5 heteroatoms. The molecule has 2 aromatic heterocycles. The molecule has 0 spiro atoms. The molecule has 0 aliphatic carbocycles. The molecule has 0 aliphatic heterocycles. The molecule has 0 fully saturated rings. The van der Waals surface area contributed by atoms with Crippen molar-refractivity contribution in [1.29, 1.82) is 0 Å². The molecule has 0 amide bonds. The maximum atomic E-state index is 6.01. The monoisotopic (exact) mass is 354 g/mol. The minimum absolute atomic E-state index is 0.457. The molecule has 132 valence electrons. The van der Waals surface area contributed by atoms with Crippen molar-refractivity contribution < 1.29 is 4.74 Å². The van der Waals surface area contributed by atoms with Gasteiger partial charge in [-0.3, -0.25) is 0 Å². The second-order valence-corrected chi connectivity index (χ2v) is 5.94. The molecular weight excluding hydrogens is 336 g/mol. The fourth-order valence-corrected chi connectivity index (χ4v) is 2.71. The van der Waals surface area contributed by atoms with Gasteiger partial charge in [0.25, 0.3) is 0 Å². The standard InChI is InChI=1S/C22H18N4O/c23-21-15-16(12-14-24-21)20-7-4-13-25-22(20)27-19-10-8-18(9-11-19)26-17-5-2-1-3-6-17/h1-15,26H,(H2,23,24). The van der Waals surface area contributed by atoms with Crippen LogP contribution in [0.5, 0.6) is 11.6 Å². The number of nitrogen functional groups attached to an aromatic ring is 1. The van der Waals surface area contributed by atoms with Crippen LogP contribution >= 0.6 is 0 Å². The molecule has 0 bridgehead atoms. The lowest BCUT2D eigenvalue weighted by Crippen LogP contribution is -1.94. The summed E-state index contributed by atoms with van der Waals surface area (Å²) in [6.45, 7) is 0. The molecule has 0 aliphatic rings. The van der Waals surface area contributed by atoms with Crippen LogP contribution in [0.4, 0.5) is 17.2 Å². The van der Waals surface area contributed by atoms with Crippen LogP contribution in [-0.4, -0.2) is 9.97 Å². The van der Waals surface area contributed by atoms with Gasteiger partial charge in [0.15, 0.2) is 0 Å². The molecule has 0 unspecified atom stereocenters. The molecule has 4 rings (SSSR count). The summed E-state index contributed by atoms with van der Waals surface area (Å²) >= 11 is 0. The van der Waals surface area contributed by atoms with E-state index in [2.05, 4.69) is 15.3 Å². The number of nitrogens with one attached hydrogen (secondary N) is 1. The van der Waals surface area contributed by atoms with E-state index >= 15 is 0 Å².